The second kappa shape index (κ2) is 10.5. The standard InChI is InChI=1S/C29H26FNO6S/c1-38(33,34)25-11-7-21(8-12-25)28-27(20-5-9-23(30)10-6-20)31-26(37-28)18-36-24-4-2-3-22(17-24)29(19-32)13-15-35-16-14-29/h2-12,17,19H,13-16,18H2,1H3. The maximum Gasteiger partial charge on any atom is 0.233 e. The van der Waals surface area contributed by atoms with E-state index in [1.165, 1.54) is 24.3 Å². The molecule has 196 valence electrons. The van der Waals surface area contributed by atoms with Crippen LogP contribution < -0.4 is 4.74 Å². The number of carbonyl (C=O) groups excluding carboxylic acids is 1. The van der Waals surface area contributed by atoms with Crippen molar-refractivity contribution in [1.82, 2.24) is 4.98 Å². The van der Waals surface area contributed by atoms with Crippen molar-refractivity contribution >= 4 is 16.1 Å². The van der Waals surface area contributed by atoms with E-state index in [4.69, 9.17) is 13.9 Å². The predicted octanol–water partition coefficient (Wildman–Crippen LogP) is 5.38. The molecule has 0 radical (unpaired) electrons. The SMILES string of the molecule is CS(=O)(=O)c1ccc(-c2oc(COc3cccc(C4(C=O)CCOCC4)c3)nc2-c2ccc(F)cc2)cc1. The monoisotopic (exact) mass is 535 g/mol. The third-order valence-electron chi connectivity index (χ3n) is 6.72. The van der Waals surface area contributed by atoms with Crippen LogP contribution in [0.15, 0.2) is 82.1 Å². The number of halogens is 1. The van der Waals surface area contributed by atoms with E-state index in [1.54, 1.807) is 30.3 Å². The van der Waals surface area contributed by atoms with Gasteiger partial charge in [0.25, 0.3) is 0 Å². The van der Waals surface area contributed by atoms with E-state index in [9.17, 15) is 17.6 Å². The van der Waals surface area contributed by atoms with Gasteiger partial charge in [0.05, 0.1) is 10.3 Å². The Hall–Kier alpha value is -3.82. The summed E-state index contributed by atoms with van der Waals surface area (Å²) in [7, 11) is -3.36. The van der Waals surface area contributed by atoms with E-state index < -0.39 is 15.3 Å². The number of nitrogens with zero attached hydrogens (tertiary/aromatic N) is 1. The summed E-state index contributed by atoms with van der Waals surface area (Å²) >= 11 is 0. The summed E-state index contributed by atoms with van der Waals surface area (Å²) in [5.41, 5.74) is 2.01. The number of hydrogen-bond donors (Lipinski definition) is 0. The summed E-state index contributed by atoms with van der Waals surface area (Å²) < 4.78 is 54.8. The average molecular weight is 536 g/mol. The number of benzene rings is 3. The fourth-order valence-electron chi connectivity index (χ4n) is 4.53. The molecule has 1 aromatic heterocycles. The minimum absolute atomic E-state index is 0.0102. The van der Waals surface area contributed by atoms with Crippen molar-refractivity contribution < 1.29 is 31.5 Å². The molecule has 0 amide bonds. The lowest BCUT2D eigenvalue weighted by Crippen LogP contribution is -2.35. The molecule has 0 aliphatic carbocycles. The molecule has 0 spiro atoms. The van der Waals surface area contributed by atoms with Gasteiger partial charge in [-0.25, -0.2) is 17.8 Å². The van der Waals surface area contributed by atoms with Crippen molar-refractivity contribution in [3.63, 3.8) is 0 Å². The number of sulfone groups is 1. The minimum atomic E-state index is -3.36. The molecule has 1 saturated heterocycles. The molecule has 9 heteroatoms. The molecule has 0 unspecified atom stereocenters. The van der Waals surface area contributed by atoms with Gasteiger partial charge in [0, 0.05) is 30.6 Å². The molecular formula is C29H26FNO6S. The first-order valence-corrected chi connectivity index (χ1v) is 14.0. The smallest absolute Gasteiger partial charge is 0.233 e. The summed E-state index contributed by atoms with van der Waals surface area (Å²) in [6, 6.07) is 19.6. The third kappa shape index (κ3) is 5.39. The Labute approximate surface area is 220 Å². The van der Waals surface area contributed by atoms with E-state index in [1.807, 2.05) is 18.2 Å². The molecule has 3 aromatic carbocycles. The highest BCUT2D eigenvalue weighted by Gasteiger charge is 2.34. The van der Waals surface area contributed by atoms with Crippen molar-refractivity contribution in [2.24, 2.45) is 0 Å². The number of ether oxygens (including phenoxy) is 2. The number of aldehydes is 1. The first kappa shape index (κ1) is 25.8. The molecule has 0 saturated carbocycles. The van der Waals surface area contributed by atoms with Crippen LogP contribution in [0.4, 0.5) is 4.39 Å². The van der Waals surface area contributed by atoms with Crippen LogP contribution in [0.2, 0.25) is 0 Å². The number of hydrogen-bond acceptors (Lipinski definition) is 7. The highest BCUT2D eigenvalue weighted by Crippen LogP contribution is 2.36. The summed E-state index contributed by atoms with van der Waals surface area (Å²) in [4.78, 5) is 16.8. The normalized spacial score (nSPS) is 15.2. The van der Waals surface area contributed by atoms with Crippen molar-refractivity contribution in [3.8, 4) is 28.3 Å². The van der Waals surface area contributed by atoms with Gasteiger partial charge in [-0.05, 0) is 79.1 Å². The fourth-order valence-corrected chi connectivity index (χ4v) is 5.16. The Morgan fingerprint density at radius 2 is 1.68 bits per heavy atom. The average Bonchev–Trinajstić information content (AvgIpc) is 3.37. The largest absolute Gasteiger partial charge is 0.484 e. The quantitative estimate of drug-likeness (QED) is 0.280. The lowest BCUT2D eigenvalue weighted by molar-refractivity contribution is -0.115. The van der Waals surface area contributed by atoms with Gasteiger partial charge in [-0.3, -0.25) is 0 Å². The Morgan fingerprint density at radius 1 is 1.00 bits per heavy atom. The maximum absolute atomic E-state index is 13.6. The van der Waals surface area contributed by atoms with Gasteiger partial charge in [0.15, 0.2) is 22.2 Å². The second-order valence-electron chi connectivity index (χ2n) is 9.29. The number of aromatic nitrogens is 1. The van der Waals surface area contributed by atoms with Gasteiger partial charge >= 0.3 is 0 Å². The van der Waals surface area contributed by atoms with Gasteiger partial charge in [-0.2, -0.15) is 0 Å². The third-order valence-corrected chi connectivity index (χ3v) is 7.84. The molecule has 0 bridgehead atoms. The molecule has 1 aliphatic rings. The fraction of sp³-hybridized carbons (Fsp3) is 0.241. The predicted molar refractivity (Wildman–Crippen MR) is 139 cm³/mol. The Kier molecular flexibility index (Phi) is 7.14. The van der Waals surface area contributed by atoms with E-state index in [2.05, 4.69) is 4.98 Å². The van der Waals surface area contributed by atoms with Crippen molar-refractivity contribution in [2.75, 3.05) is 19.5 Å². The highest BCUT2D eigenvalue weighted by atomic mass is 32.2. The molecule has 1 fully saturated rings. The van der Waals surface area contributed by atoms with Crippen LogP contribution in [0.25, 0.3) is 22.6 Å². The van der Waals surface area contributed by atoms with Crippen molar-refractivity contribution in [1.29, 1.82) is 0 Å². The molecule has 1 aliphatic heterocycles. The lowest BCUT2D eigenvalue weighted by Gasteiger charge is -2.32. The van der Waals surface area contributed by atoms with Crippen LogP contribution in [-0.2, 0) is 31.4 Å². The van der Waals surface area contributed by atoms with E-state index in [0.29, 0.717) is 54.4 Å². The summed E-state index contributed by atoms with van der Waals surface area (Å²) in [5.74, 6) is 0.882. The van der Waals surface area contributed by atoms with E-state index >= 15 is 0 Å². The minimum Gasteiger partial charge on any atom is -0.484 e. The van der Waals surface area contributed by atoms with Gasteiger partial charge in [-0.1, -0.05) is 12.1 Å². The first-order chi connectivity index (χ1) is 18.3. The number of oxazole rings is 1. The second-order valence-corrected chi connectivity index (χ2v) is 11.3. The lowest BCUT2D eigenvalue weighted by atomic mass is 9.75. The first-order valence-electron chi connectivity index (χ1n) is 12.1. The van der Waals surface area contributed by atoms with E-state index in [-0.39, 0.29) is 23.2 Å². The van der Waals surface area contributed by atoms with Crippen LogP contribution >= 0.6 is 0 Å². The molecule has 38 heavy (non-hydrogen) atoms. The Balaban J connectivity index is 1.44. The van der Waals surface area contributed by atoms with Gasteiger partial charge in [0.1, 0.15) is 23.5 Å². The Bertz CT molecular complexity index is 1540. The molecular weight excluding hydrogens is 509 g/mol. The van der Waals surface area contributed by atoms with Crippen LogP contribution in [0.5, 0.6) is 5.75 Å². The van der Waals surface area contributed by atoms with Crippen LogP contribution in [-0.4, -0.2) is 39.2 Å². The van der Waals surface area contributed by atoms with Crippen LogP contribution in [0, 0.1) is 5.82 Å². The zero-order valence-electron chi connectivity index (χ0n) is 20.7. The summed E-state index contributed by atoms with van der Waals surface area (Å²) in [5, 5.41) is 0. The maximum atomic E-state index is 13.6. The van der Waals surface area contributed by atoms with Gasteiger partial charge in [-0.15, -0.1) is 0 Å². The van der Waals surface area contributed by atoms with Crippen LogP contribution in [0.3, 0.4) is 0 Å². The zero-order valence-corrected chi connectivity index (χ0v) is 21.5. The van der Waals surface area contributed by atoms with Crippen molar-refractivity contribution in [3.05, 3.63) is 90.1 Å². The highest BCUT2D eigenvalue weighted by molar-refractivity contribution is 7.90. The molecule has 4 aromatic rings. The molecule has 0 atom stereocenters. The van der Waals surface area contributed by atoms with Crippen LogP contribution in [0.1, 0.15) is 24.3 Å². The Morgan fingerprint density at radius 3 is 2.34 bits per heavy atom. The van der Waals surface area contributed by atoms with Crippen molar-refractivity contribution in [2.45, 2.75) is 29.8 Å². The zero-order chi connectivity index (χ0) is 26.8. The molecule has 0 N–H and O–H groups in total. The summed E-state index contributed by atoms with van der Waals surface area (Å²) in [6.07, 6.45) is 3.37. The van der Waals surface area contributed by atoms with Gasteiger partial charge < -0.3 is 18.7 Å². The van der Waals surface area contributed by atoms with E-state index in [0.717, 1.165) is 18.1 Å². The molecule has 2 heterocycles. The van der Waals surface area contributed by atoms with Gasteiger partial charge in [0.2, 0.25) is 5.89 Å². The molecule has 7 nitrogen and oxygen atoms in total. The topological polar surface area (TPSA) is 95.7 Å². The number of carbonyl (C=O) groups is 1. The summed E-state index contributed by atoms with van der Waals surface area (Å²) in [6.45, 7) is 1.07. The molecule has 5 rings (SSSR count). The number of rotatable bonds is 8.